The van der Waals surface area contributed by atoms with Crippen molar-refractivity contribution in [2.75, 3.05) is 19.3 Å². The summed E-state index contributed by atoms with van der Waals surface area (Å²) in [6.07, 6.45) is -4.95. The lowest BCUT2D eigenvalue weighted by molar-refractivity contribution is -0.137. The number of nitrogens with two attached hydrogens (primary N) is 1. The molecule has 0 aliphatic heterocycles. The molecule has 1 aromatic rings. The molecule has 96 valence electrons. The van der Waals surface area contributed by atoms with E-state index in [1.165, 1.54) is 0 Å². The summed E-state index contributed by atoms with van der Waals surface area (Å²) in [5, 5.41) is 0.518. The van der Waals surface area contributed by atoms with Crippen molar-refractivity contribution in [2.45, 2.75) is 19.1 Å². The Labute approximate surface area is 103 Å². The molecule has 0 saturated heterocycles. The van der Waals surface area contributed by atoms with Crippen LogP contribution >= 0.6 is 11.6 Å². The number of rotatable bonds is 4. The van der Waals surface area contributed by atoms with Crippen LogP contribution < -0.4 is 5.73 Å². The Morgan fingerprint density at radius 3 is 2.53 bits per heavy atom. The van der Waals surface area contributed by atoms with Gasteiger partial charge in [0.05, 0.1) is 6.42 Å². The maximum absolute atomic E-state index is 12.0. The molecule has 17 heavy (non-hydrogen) atoms. The molecule has 0 saturated carbocycles. The van der Waals surface area contributed by atoms with E-state index in [0.29, 0.717) is 17.3 Å². The number of halogens is 4. The fourth-order valence-electron chi connectivity index (χ4n) is 1.40. The van der Waals surface area contributed by atoms with E-state index < -0.39 is 12.6 Å². The average molecular weight is 267 g/mol. The number of nitrogen functional groups attached to an aromatic ring is 1. The predicted octanol–water partition coefficient (Wildman–Crippen LogP) is 3.31. The van der Waals surface area contributed by atoms with Crippen molar-refractivity contribution in [1.82, 2.24) is 4.90 Å². The summed E-state index contributed by atoms with van der Waals surface area (Å²) in [5.41, 5.74) is 6.99. The van der Waals surface area contributed by atoms with Gasteiger partial charge in [0.25, 0.3) is 0 Å². The van der Waals surface area contributed by atoms with Crippen LogP contribution in [0.1, 0.15) is 12.0 Å². The second-order valence-electron chi connectivity index (χ2n) is 3.95. The van der Waals surface area contributed by atoms with E-state index in [1.807, 2.05) is 0 Å². The van der Waals surface area contributed by atoms with Crippen LogP contribution in [0.3, 0.4) is 0 Å². The van der Waals surface area contributed by atoms with Gasteiger partial charge in [-0.2, -0.15) is 13.2 Å². The molecule has 2 N–H and O–H groups in total. The van der Waals surface area contributed by atoms with Crippen LogP contribution in [0.2, 0.25) is 5.02 Å². The van der Waals surface area contributed by atoms with Gasteiger partial charge < -0.3 is 10.6 Å². The molecule has 1 rings (SSSR count). The monoisotopic (exact) mass is 266 g/mol. The highest BCUT2D eigenvalue weighted by molar-refractivity contribution is 6.30. The van der Waals surface area contributed by atoms with Gasteiger partial charge in [0.2, 0.25) is 0 Å². The number of hydrogen-bond acceptors (Lipinski definition) is 2. The minimum atomic E-state index is -4.13. The maximum Gasteiger partial charge on any atom is 0.390 e. The Morgan fingerprint density at radius 2 is 2.00 bits per heavy atom. The number of benzene rings is 1. The van der Waals surface area contributed by atoms with Crippen molar-refractivity contribution in [3.8, 4) is 0 Å². The van der Waals surface area contributed by atoms with Gasteiger partial charge in [0.1, 0.15) is 0 Å². The van der Waals surface area contributed by atoms with Crippen molar-refractivity contribution in [2.24, 2.45) is 0 Å². The van der Waals surface area contributed by atoms with Gasteiger partial charge in [-0.15, -0.1) is 0 Å². The Morgan fingerprint density at radius 1 is 1.35 bits per heavy atom. The first-order chi connectivity index (χ1) is 7.78. The highest BCUT2D eigenvalue weighted by Gasteiger charge is 2.27. The third kappa shape index (κ3) is 5.28. The summed E-state index contributed by atoms with van der Waals surface area (Å²) in [5.74, 6) is 0. The summed E-state index contributed by atoms with van der Waals surface area (Å²) in [6, 6.07) is 4.99. The summed E-state index contributed by atoms with van der Waals surface area (Å²) >= 11 is 5.73. The van der Waals surface area contributed by atoms with Crippen molar-refractivity contribution in [3.63, 3.8) is 0 Å². The number of hydrogen-bond donors (Lipinski definition) is 1. The molecule has 0 aliphatic carbocycles. The Kier molecular flexibility index (Phi) is 4.65. The molecular formula is C11H14ClF3N2. The van der Waals surface area contributed by atoms with Gasteiger partial charge in [-0.3, -0.25) is 0 Å². The van der Waals surface area contributed by atoms with Gasteiger partial charge in [0.15, 0.2) is 0 Å². The van der Waals surface area contributed by atoms with Crippen LogP contribution in [0, 0.1) is 0 Å². The topological polar surface area (TPSA) is 29.3 Å². The van der Waals surface area contributed by atoms with Crippen molar-refractivity contribution >= 4 is 17.3 Å². The van der Waals surface area contributed by atoms with E-state index >= 15 is 0 Å². The highest BCUT2D eigenvalue weighted by atomic mass is 35.5. The first-order valence-electron chi connectivity index (χ1n) is 5.07. The molecule has 0 bridgehead atoms. The number of nitrogens with zero attached hydrogens (tertiary/aromatic N) is 1. The van der Waals surface area contributed by atoms with Crippen LogP contribution in [0.4, 0.5) is 18.9 Å². The first-order valence-corrected chi connectivity index (χ1v) is 5.45. The zero-order valence-electron chi connectivity index (χ0n) is 9.39. The van der Waals surface area contributed by atoms with Crippen molar-refractivity contribution < 1.29 is 13.2 Å². The van der Waals surface area contributed by atoms with Crippen molar-refractivity contribution in [1.29, 1.82) is 0 Å². The Balaban J connectivity index is 2.53. The lowest BCUT2D eigenvalue weighted by Gasteiger charge is -2.18. The molecule has 0 atom stereocenters. The summed E-state index contributed by atoms with van der Waals surface area (Å²) in [6.45, 7) is 0.324. The molecule has 0 heterocycles. The van der Waals surface area contributed by atoms with Gasteiger partial charge in [0, 0.05) is 23.8 Å². The third-order valence-electron chi connectivity index (χ3n) is 2.33. The third-order valence-corrected chi connectivity index (χ3v) is 2.56. The smallest absolute Gasteiger partial charge is 0.390 e. The average Bonchev–Trinajstić information content (AvgIpc) is 2.18. The van der Waals surface area contributed by atoms with E-state index in [-0.39, 0.29) is 6.54 Å². The van der Waals surface area contributed by atoms with Crippen molar-refractivity contribution in [3.05, 3.63) is 28.8 Å². The molecule has 2 nitrogen and oxygen atoms in total. The molecule has 0 fully saturated rings. The second-order valence-corrected chi connectivity index (χ2v) is 4.38. The van der Waals surface area contributed by atoms with Crippen LogP contribution in [-0.4, -0.2) is 24.7 Å². The standard InChI is InChI=1S/C11H14ClF3N2/c1-17(5-4-11(13,14)15)7-8-2-3-9(12)6-10(8)16/h2-3,6H,4-5,7,16H2,1H3. The highest BCUT2D eigenvalue weighted by Crippen LogP contribution is 2.22. The number of alkyl halides is 3. The fraction of sp³-hybridized carbons (Fsp3) is 0.455. The van der Waals surface area contributed by atoms with Gasteiger partial charge >= 0.3 is 6.18 Å². The zero-order chi connectivity index (χ0) is 13.1. The summed E-state index contributed by atoms with van der Waals surface area (Å²) in [7, 11) is 1.62. The van der Waals surface area contributed by atoms with Gasteiger partial charge in [-0.1, -0.05) is 17.7 Å². The quantitative estimate of drug-likeness (QED) is 0.847. The van der Waals surface area contributed by atoms with E-state index in [2.05, 4.69) is 0 Å². The molecule has 1 aromatic carbocycles. The largest absolute Gasteiger partial charge is 0.398 e. The molecule has 0 aliphatic rings. The van der Waals surface area contributed by atoms with Crippen LogP contribution in [0.25, 0.3) is 0 Å². The van der Waals surface area contributed by atoms with E-state index in [4.69, 9.17) is 17.3 Å². The molecule has 0 amide bonds. The molecule has 0 radical (unpaired) electrons. The molecule has 0 unspecified atom stereocenters. The minimum Gasteiger partial charge on any atom is -0.398 e. The van der Waals surface area contributed by atoms with E-state index in [9.17, 15) is 13.2 Å². The first kappa shape index (κ1) is 14.1. The molecule has 0 spiro atoms. The molecule has 0 aromatic heterocycles. The lowest BCUT2D eigenvalue weighted by Crippen LogP contribution is -2.24. The van der Waals surface area contributed by atoms with E-state index in [0.717, 1.165) is 5.56 Å². The Hall–Kier alpha value is -0.940. The SMILES string of the molecule is CN(CCC(F)(F)F)Cc1ccc(Cl)cc1N. The van der Waals surface area contributed by atoms with E-state index in [1.54, 1.807) is 30.1 Å². The van der Waals surface area contributed by atoms with Crippen LogP contribution in [-0.2, 0) is 6.54 Å². The van der Waals surface area contributed by atoms with Crippen LogP contribution in [0.15, 0.2) is 18.2 Å². The number of anilines is 1. The fourth-order valence-corrected chi connectivity index (χ4v) is 1.58. The minimum absolute atomic E-state index is 0.0500. The van der Waals surface area contributed by atoms with Crippen LogP contribution in [0.5, 0.6) is 0 Å². The summed E-state index contributed by atoms with van der Waals surface area (Å²) in [4.78, 5) is 1.58. The Bertz CT molecular complexity index is 379. The summed E-state index contributed by atoms with van der Waals surface area (Å²) < 4.78 is 36.1. The predicted molar refractivity (Wildman–Crippen MR) is 62.9 cm³/mol. The normalized spacial score (nSPS) is 12.1. The zero-order valence-corrected chi connectivity index (χ0v) is 10.1. The van der Waals surface area contributed by atoms with Gasteiger partial charge in [-0.25, -0.2) is 0 Å². The lowest BCUT2D eigenvalue weighted by atomic mass is 10.1. The second kappa shape index (κ2) is 5.60. The van der Waals surface area contributed by atoms with Gasteiger partial charge in [-0.05, 0) is 24.7 Å². The molecular weight excluding hydrogens is 253 g/mol. The maximum atomic E-state index is 12.0. The molecule has 6 heteroatoms.